The fraction of sp³-hybridized carbons (Fsp3) is 0. The van der Waals surface area contributed by atoms with E-state index in [1.807, 2.05) is 0 Å². The Balaban J connectivity index is 0. The van der Waals surface area contributed by atoms with Crippen LogP contribution < -0.4 is 0 Å². The molecular weight excluding hydrogens is 258 g/mol. The molecule has 0 aromatic rings. The molecule has 0 fully saturated rings. The van der Waals surface area contributed by atoms with Crippen LogP contribution in [0.2, 0.25) is 0 Å². The molecule has 0 spiro atoms. The van der Waals surface area contributed by atoms with Gasteiger partial charge in [0.1, 0.15) is 0 Å². The van der Waals surface area contributed by atoms with Crippen LogP contribution in [0.5, 0.6) is 0 Å². The van der Waals surface area contributed by atoms with E-state index in [0.29, 0.717) is 0 Å². The van der Waals surface area contributed by atoms with Crippen molar-refractivity contribution in [3.05, 3.63) is 0 Å². The number of rotatable bonds is 0. The van der Waals surface area contributed by atoms with Crippen molar-refractivity contribution in [1.29, 1.82) is 0 Å². The van der Waals surface area contributed by atoms with Crippen molar-refractivity contribution in [2.75, 3.05) is 0 Å². The molecule has 0 atom stereocenters. The third kappa shape index (κ3) is 15.4. The minimum atomic E-state index is -3.08. The molecule has 0 saturated carbocycles. The number of hydrogen-bond donors (Lipinski definition) is 0. The average Bonchev–Trinajstić information content (AvgIpc) is 0.918. The monoisotopic (exact) mass is 260 g/mol. The van der Waals surface area contributed by atoms with Crippen LogP contribution in [0.25, 0.3) is 0 Å². The molecule has 4 heteroatoms. The molecule has 0 N–H and O–H groups in total. The average molecular weight is 259 g/mol. The SMILES string of the molecule is F.[F][Hg][F]. The van der Waals surface area contributed by atoms with Gasteiger partial charge < -0.3 is 0 Å². The molecule has 24 valence electrons. The second-order valence-corrected chi connectivity index (χ2v) is 0.886. The Labute approximate surface area is 35.9 Å². The van der Waals surface area contributed by atoms with Crippen molar-refractivity contribution in [2.45, 2.75) is 0 Å². The Hall–Kier alpha value is 0.725. The van der Waals surface area contributed by atoms with Crippen molar-refractivity contribution < 1.29 is 35.5 Å². The normalized spacial score (nSPS) is 2.50. The van der Waals surface area contributed by atoms with Gasteiger partial charge in [0.05, 0.1) is 0 Å². The van der Waals surface area contributed by atoms with Crippen LogP contribution in [0.15, 0.2) is 0 Å². The van der Waals surface area contributed by atoms with Crippen molar-refractivity contribution >= 4 is 0 Å². The van der Waals surface area contributed by atoms with Gasteiger partial charge in [-0.3, -0.25) is 4.70 Å². The first-order valence-electron chi connectivity index (χ1n) is 0.535. The van der Waals surface area contributed by atoms with Gasteiger partial charge >= 0.3 is 30.8 Å². The van der Waals surface area contributed by atoms with Gasteiger partial charge in [0.25, 0.3) is 0 Å². The van der Waals surface area contributed by atoms with Gasteiger partial charge in [0, 0.05) is 0 Å². The van der Waals surface area contributed by atoms with E-state index < -0.39 is 25.8 Å². The molecule has 0 aliphatic heterocycles. The summed E-state index contributed by atoms with van der Waals surface area (Å²) in [5.74, 6) is 0. The van der Waals surface area contributed by atoms with Gasteiger partial charge in [0.15, 0.2) is 0 Å². The van der Waals surface area contributed by atoms with E-state index in [1.54, 1.807) is 0 Å². The summed E-state index contributed by atoms with van der Waals surface area (Å²) in [5.41, 5.74) is 0. The van der Waals surface area contributed by atoms with Gasteiger partial charge in [0.2, 0.25) is 0 Å². The van der Waals surface area contributed by atoms with E-state index in [2.05, 4.69) is 0 Å². The predicted octanol–water partition coefficient (Wildman–Crippen LogP) is 0.990. The van der Waals surface area contributed by atoms with E-state index in [-0.39, 0.29) is 4.70 Å². The third-order valence-electron chi connectivity index (χ3n) is 0. The minimum absolute atomic E-state index is 0. The molecule has 0 heterocycles. The number of halogens is 3. The Morgan fingerprint density at radius 1 is 1.25 bits per heavy atom. The third-order valence-corrected chi connectivity index (χ3v) is 0. The molecule has 0 aromatic heterocycles. The zero-order valence-corrected chi connectivity index (χ0v) is 7.37. The van der Waals surface area contributed by atoms with Gasteiger partial charge in [-0.25, -0.2) is 0 Å². The molecule has 0 radical (unpaired) electrons. The second-order valence-electron chi connectivity index (χ2n) is 0.101. The van der Waals surface area contributed by atoms with Crippen LogP contribution in [0.3, 0.4) is 0 Å². The van der Waals surface area contributed by atoms with E-state index in [4.69, 9.17) is 0 Å². The predicted molar refractivity (Wildman–Crippen MR) is 4.72 cm³/mol. The van der Waals surface area contributed by atoms with E-state index >= 15 is 0 Å². The summed E-state index contributed by atoms with van der Waals surface area (Å²) in [6, 6.07) is 0. The fourth-order valence-electron chi connectivity index (χ4n) is 0. The molecule has 0 aliphatic carbocycles. The van der Waals surface area contributed by atoms with E-state index in [1.165, 1.54) is 0 Å². The van der Waals surface area contributed by atoms with E-state index in [0.717, 1.165) is 0 Å². The first-order valence-corrected chi connectivity index (χ1v) is 4.69. The van der Waals surface area contributed by atoms with Crippen molar-refractivity contribution in [3.63, 3.8) is 0 Å². The molecule has 0 aromatic carbocycles. The van der Waals surface area contributed by atoms with Crippen molar-refractivity contribution in [1.82, 2.24) is 0 Å². The molecule has 0 unspecified atom stereocenters. The topological polar surface area (TPSA) is 0 Å². The molecule has 0 aliphatic rings. The maximum absolute atomic E-state index is 9.85. The molecule has 0 bridgehead atoms. The van der Waals surface area contributed by atoms with Gasteiger partial charge in [-0.2, -0.15) is 0 Å². The summed E-state index contributed by atoms with van der Waals surface area (Å²) < 4.78 is 19.7. The van der Waals surface area contributed by atoms with Gasteiger partial charge in [-0.15, -0.1) is 0 Å². The Morgan fingerprint density at radius 2 is 1.25 bits per heavy atom. The summed E-state index contributed by atoms with van der Waals surface area (Å²) in [5, 5.41) is 0. The Kier molecular flexibility index (Phi) is 20.5. The van der Waals surface area contributed by atoms with Crippen LogP contribution in [-0.4, -0.2) is 0 Å². The summed E-state index contributed by atoms with van der Waals surface area (Å²) in [6.45, 7) is 0. The maximum atomic E-state index is 9.85. The summed E-state index contributed by atoms with van der Waals surface area (Å²) in [7, 11) is 0. The van der Waals surface area contributed by atoms with Crippen LogP contribution in [0, 0.1) is 0 Å². The summed E-state index contributed by atoms with van der Waals surface area (Å²) in [4.78, 5) is 0. The van der Waals surface area contributed by atoms with Crippen LogP contribution >= 0.6 is 0 Å². The number of hydrogen-bond acceptors (Lipinski definition) is 0. The van der Waals surface area contributed by atoms with Crippen LogP contribution in [0.4, 0.5) is 9.65 Å². The molecule has 0 rings (SSSR count). The molecule has 4 heavy (non-hydrogen) atoms. The van der Waals surface area contributed by atoms with E-state index in [9.17, 15) is 4.94 Å². The molecular formula is HF3Hg. The zero-order chi connectivity index (χ0) is 2.71. The molecule has 0 nitrogen and oxygen atoms in total. The Bertz CT molecular complexity index is 3.25. The standard InChI is InChI=1S/3FH.Hg/h3*1H;/q;;;+2/p-2. The molecule has 0 amide bonds. The fourth-order valence-corrected chi connectivity index (χ4v) is 0. The Morgan fingerprint density at radius 3 is 1.25 bits per heavy atom. The first-order chi connectivity index (χ1) is 1.41. The first kappa shape index (κ1) is 8.83. The van der Waals surface area contributed by atoms with Gasteiger partial charge in [-0.05, 0) is 0 Å². The van der Waals surface area contributed by atoms with Crippen LogP contribution in [-0.2, 0) is 25.8 Å². The van der Waals surface area contributed by atoms with Crippen molar-refractivity contribution in [3.8, 4) is 0 Å². The van der Waals surface area contributed by atoms with Gasteiger partial charge in [-0.1, -0.05) is 0 Å². The van der Waals surface area contributed by atoms with Crippen molar-refractivity contribution in [2.24, 2.45) is 0 Å². The summed E-state index contributed by atoms with van der Waals surface area (Å²) >= 11 is -3.08. The quantitative estimate of drug-likeness (QED) is 0.569. The summed E-state index contributed by atoms with van der Waals surface area (Å²) in [6.07, 6.45) is 0. The second kappa shape index (κ2) is 9.30. The zero-order valence-electron chi connectivity index (χ0n) is 1.87. The van der Waals surface area contributed by atoms with Crippen LogP contribution in [0.1, 0.15) is 0 Å². The molecule has 0 saturated heterocycles.